The summed E-state index contributed by atoms with van der Waals surface area (Å²) in [7, 11) is 0. The van der Waals surface area contributed by atoms with Crippen LogP contribution >= 0.6 is 47.8 Å². The molecule has 0 saturated carbocycles. The minimum Gasteiger partial charge on any atom is -0.476 e. The van der Waals surface area contributed by atoms with Crippen molar-refractivity contribution in [2.24, 2.45) is 0 Å². The van der Waals surface area contributed by atoms with Crippen molar-refractivity contribution >= 4 is 53.8 Å². The average molecular weight is 479 g/mol. The Bertz CT molecular complexity index is 717. The van der Waals surface area contributed by atoms with Crippen LogP contribution in [0.4, 0.5) is 0 Å². The zero-order valence-corrected chi connectivity index (χ0v) is 15.6. The normalized spacial score (nSPS) is 14.0. The molecule has 1 aromatic carbocycles. The van der Waals surface area contributed by atoms with Gasteiger partial charge in [-0.1, -0.05) is 15.9 Å². The van der Waals surface area contributed by atoms with Crippen molar-refractivity contribution in [1.82, 2.24) is 9.78 Å². The summed E-state index contributed by atoms with van der Waals surface area (Å²) in [6.07, 6.45) is 3.71. The lowest BCUT2D eigenvalue weighted by molar-refractivity contribution is 0.0688. The van der Waals surface area contributed by atoms with Crippen LogP contribution in [0, 0.1) is 0 Å². The molecule has 1 aliphatic carbocycles. The lowest BCUT2D eigenvalue weighted by Crippen LogP contribution is -2.09. The first-order valence-electron chi connectivity index (χ1n) is 6.48. The van der Waals surface area contributed by atoms with E-state index < -0.39 is 5.97 Å². The zero-order valence-electron chi connectivity index (χ0n) is 10.9. The van der Waals surface area contributed by atoms with E-state index in [4.69, 9.17) is 0 Å². The number of aromatic nitrogens is 2. The minimum absolute atomic E-state index is 0.173. The van der Waals surface area contributed by atoms with Crippen molar-refractivity contribution in [2.45, 2.75) is 25.7 Å². The fourth-order valence-electron chi connectivity index (χ4n) is 2.69. The van der Waals surface area contributed by atoms with Gasteiger partial charge in [0.15, 0.2) is 5.69 Å². The molecule has 0 fully saturated rings. The smallest absolute Gasteiger partial charge is 0.356 e. The molecule has 2 aromatic rings. The third kappa shape index (κ3) is 2.71. The van der Waals surface area contributed by atoms with E-state index in [-0.39, 0.29) is 5.69 Å². The van der Waals surface area contributed by atoms with Gasteiger partial charge in [-0.2, -0.15) is 5.10 Å². The maximum absolute atomic E-state index is 11.4. The molecule has 0 saturated heterocycles. The van der Waals surface area contributed by atoms with Gasteiger partial charge in [0.1, 0.15) is 0 Å². The summed E-state index contributed by atoms with van der Waals surface area (Å²) < 4.78 is 4.41. The van der Waals surface area contributed by atoms with Crippen LogP contribution in [0.5, 0.6) is 0 Å². The molecule has 0 aliphatic heterocycles. The summed E-state index contributed by atoms with van der Waals surface area (Å²) in [4.78, 5) is 11.4. The van der Waals surface area contributed by atoms with Crippen molar-refractivity contribution in [2.75, 3.05) is 0 Å². The van der Waals surface area contributed by atoms with Crippen molar-refractivity contribution < 1.29 is 9.90 Å². The van der Waals surface area contributed by atoms with Crippen molar-refractivity contribution in [3.63, 3.8) is 0 Å². The number of fused-ring (bicyclic) bond motifs is 1. The molecule has 0 bridgehead atoms. The van der Waals surface area contributed by atoms with Crippen molar-refractivity contribution in [3.05, 3.63) is 42.5 Å². The molecular formula is C14H11Br3N2O2. The monoisotopic (exact) mass is 476 g/mol. The molecule has 0 amide bonds. The van der Waals surface area contributed by atoms with Gasteiger partial charge < -0.3 is 5.11 Å². The Balaban J connectivity index is 2.26. The molecular weight excluding hydrogens is 468 g/mol. The molecule has 110 valence electrons. The summed E-state index contributed by atoms with van der Waals surface area (Å²) >= 11 is 10.5. The first kappa shape index (κ1) is 15.2. The maximum atomic E-state index is 11.4. The van der Waals surface area contributed by atoms with Gasteiger partial charge in [0.2, 0.25) is 0 Å². The van der Waals surface area contributed by atoms with Gasteiger partial charge in [-0.25, -0.2) is 9.48 Å². The topological polar surface area (TPSA) is 55.1 Å². The lowest BCUT2D eigenvalue weighted by atomic mass is 9.95. The van der Waals surface area contributed by atoms with Gasteiger partial charge >= 0.3 is 5.97 Å². The Kier molecular flexibility index (Phi) is 4.25. The second-order valence-corrected chi connectivity index (χ2v) is 7.54. The number of carboxylic acid groups (broad SMARTS) is 1. The van der Waals surface area contributed by atoms with Crippen LogP contribution in [0.2, 0.25) is 0 Å². The standard InChI is InChI=1S/C14H11Br3N2O2/c15-7-5-9(16)13(10(17)6-7)19-11-4-2-1-3-8(11)12(18-19)14(20)21/h5-6H,1-4H2,(H,20,21). The summed E-state index contributed by atoms with van der Waals surface area (Å²) in [6, 6.07) is 3.86. The van der Waals surface area contributed by atoms with Gasteiger partial charge in [-0.3, -0.25) is 0 Å². The van der Waals surface area contributed by atoms with Crippen LogP contribution in [0.1, 0.15) is 34.6 Å². The van der Waals surface area contributed by atoms with Crippen LogP contribution in [-0.2, 0) is 12.8 Å². The molecule has 0 spiro atoms. The third-order valence-corrected chi connectivity index (χ3v) is 5.24. The quantitative estimate of drug-likeness (QED) is 0.678. The molecule has 3 rings (SSSR count). The van der Waals surface area contributed by atoms with E-state index in [1.54, 1.807) is 4.68 Å². The van der Waals surface area contributed by atoms with Crippen LogP contribution in [-0.4, -0.2) is 20.9 Å². The molecule has 1 heterocycles. The van der Waals surface area contributed by atoms with E-state index in [9.17, 15) is 9.90 Å². The van der Waals surface area contributed by atoms with E-state index in [2.05, 4.69) is 52.9 Å². The van der Waals surface area contributed by atoms with E-state index in [1.165, 1.54) is 0 Å². The van der Waals surface area contributed by atoms with Crippen LogP contribution in [0.15, 0.2) is 25.6 Å². The number of nitrogens with zero attached hydrogens (tertiary/aromatic N) is 2. The summed E-state index contributed by atoms with van der Waals surface area (Å²) in [5.74, 6) is -0.962. The van der Waals surface area contributed by atoms with Gasteiger partial charge in [-0.05, 0) is 69.7 Å². The number of aromatic carboxylic acids is 1. The fourth-order valence-corrected chi connectivity index (χ4v) is 5.29. The largest absolute Gasteiger partial charge is 0.476 e. The summed E-state index contributed by atoms with van der Waals surface area (Å²) in [5.41, 5.74) is 2.88. The molecule has 0 unspecified atom stereocenters. The van der Waals surface area contributed by atoms with Gasteiger partial charge in [-0.15, -0.1) is 0 Å². The van der Waals surface area contributed by atoms with E-state index in [1.807, 2.05) is 12.1 Å². The maximum Gasteiger partial charge on any atom is 0.356 e. The SMILES string of the molecule is O=C(O)c1nn(-c2c(Br)cc(Br)cc2Br)c2c1CCCC2. The van der Waals surface area contributed by atoms with Crippen molar-refractivity contribution in [3.8, 4) is 5.69 Å². The number of rotatable bonds is 2. The number of halogens is 3. The highest BCUT2D eigenvalue weighted by atomic mass is 79.9. The van der Waals surface area contributed by atoms with Gasteiger partial charge in [0.25, 0.3) is 0 Å². The lowest BCUT2D eigenvalue weighted by Gasteiger charge is -2.16. The molecule has 0 atom stereocenters. The van der Waals surface area contributed by atoms with E-state index >= 15 is 0 Å². The second-order valence-electron chi connectivity index (χ2n) is 4.92. The number of hydrogen-bond donors (Lipinski definition) is 1. The number of carboxylic acids is 1. The van der Waals surface area contributed by atoms with Crippen LogP contribution in [0.3, 0.4) is 0 Å². The Morgan fingerprint density at radius 3 is 2.38 bits per heavy atom. The first-order chi connectivity index (χ1) is 9.99. The molecule has 0 radical (unpaired) electrons. The first-order valence-corrected chi connectivity index (χ1v) is 8.86. The zero-order chi connectivity index (χ0) is 15.1. The average Bonchev–Trinajstić information content (AvgIpc) is 2.78. The van der Waals surface area contributed by atoms with E-state index in [0.717, 1.165) is 56.0 Å². The predicted molar refractivity (Wildman–Crippen MR) is 90.3 cm³/mol. The predicted octanol–water partition coefficient (Wildman–Crippen LogP) is 4.74. The molecule has 4 nitrogen and oxygen atoms in total. The second kappa shape index (κ2) is 5.85. The number of benzene rings is 1. The van der Waals surface area contributed by atoms with Gasteiger partial charge in [0, 0.05) is 24.7 Å². The Hall–Kier alpha value is -0.660. The van der Waals surface area contributed by atoms with Crippen molar-refractivity contribution in [1.29, 1.82) is 0 Å². The van der Waals surface area contributed by atoms with Gasteiger partial charge in [0.05, 0.1) is 5.69 Å². The summed E-state index contributed by atoms with van der Waals surface area (Å²) in [6.45, 7) is 0. The molecule has 1 N–H and O–H groups in total. The number of carbonyl (C=O) groups is 1. The number of hydrogen-bond acceptors (Lipinski definition) is 2. The third-order valence-electron chi connectivity index (χ3n) is 3.58. The van der Waals surface area contributed by atoms with Crippen LogP contribution < -0.4 is 0 Å². The highest BCUT2D eigenvalue weighted by Crippen LogP contribution is 2.36. The highest BCUT2D eigenvalue weighted by molar-refractivity contribution is 9.11. The Labute approximate surface area is 146 Å². The molecule has 1 aromatic heterocycles. The molecule has 21 heavy (non-hydrogen) atoms. The van der Waals surface area contributed by atoms with E-state index in [0.29, 0.717) is 0 Å². The Morgan fingerprint density at radius 2 is 1.76 bits per heavy atom. The minimum atomic E-state index is -0.962. The fraction of sp³-hybridized carbons (Fsp3) is 0.286. The molecule has 7 heteroatoms. The van der Waals surface area contributed by atoms with Crippen LogP contribution in [0.25, 0.3) is 5.69 Å². The summed E-state index contributed by atoms with van der Waals surface area (Å²) in [5, 5.41) is 13.7. The molecule has 1 aliphatic rings. The highest BCUT2D eigenvalue weighted by Gasteiger charge is 2.26. The Morgan fingerprint density at radius 1 is 1.14 bits per heavy atom.